The van der Waals surface area contributed by atoms with Crippen molar-refractivity contribution in [1.82, 2.24) is 5.32 Å². The molecule has 1 atom stereocenters. The summed E-state index contributed by atoms with van der Waals surface area (Å²) in [6.07, 6.45) is -0.307. The van der Waals surface area contributed by atoms with Crippen molar-refractivity contribution in [3.05, 3.63) is 77.9 Å². The van der Waals surface area contributed by atoms with Gasteiger partial charge in [0.15, 0.2) is 0 Å². The summed E-state index contributed by atoms with van der Waals surface area (Å²) in [5, 5.41) is 3.03. The topological polar surface area (TPSA) is 80.3 Å². The Morgan fingerprint density at radius 2 is 1.67 bits per heavy atom. The highest BCUT2D eigenvalue weighted by Crippen LogP contribution is 2.43. The van der Waals surface area contributed by atoms with Crippen molar-refractivity contribution in [1.29, 1.82) is 0 Å². The number of nitrogens with one attached hydrogen (secondary N) is 1. The first-order chi connectivity index (χ1) is 14.3. The molecule has 3 aromatic rings. The quantitative estimate of drug-likeness (QED) is 0.628. The summed E-state index contributed by atoms with van der Waals surface area (Å²) in [5.74, 6) is 4.84. The van der Waals surface area contributed by atoms with Gasteiger partial charge in [-0.25, -0.2) is 8.42 Å². The van der Waals surface area contributed by atoms with E-state index in [4.69, 9.17) is 0 Å². The van der Waals surface area contributed by atoms with Gasteiger partial charge in [0, 0.05) is 12.0 Å². The first-order valence-corrected chi connectivity index (χ1v) is 11.5. The third kappa shape index (κ3) is 3.49. The Labute approximate surface area is 178 Å². The summed E-state index contributed by atoms with van der Waals surface area (Å²) in [6.45, 7) is 1.95. The Bertz CT molecular complexity index is 1330. The number of thioether (sulfide) groups is 1. The smallest absolute Gasteiger partial charge is 0.285 e. The highest BCUT2D eigenvalue weighted by Gasteiger charge is 2.58. The molecule has 0 saturated carbocycles. The van der Waals surface area contributed by atoms with E-state index in [-0.39, 0.29) is 11.3 Å². The van der Waals surface area contributed by atoms with E-state index in [1.165, 1.54) is 12.1 Å². The van der Waals surface area contributed by atoms with Crippen LogP contribution in [0.1, 0.15) is 17.5 Å². The van der Waals surface area contributed by atoms with Crippen LogP contribution in [0.3, 0.4) is 0 Å². The Morgan fingerprint density at radius 3 is 2.33 bits per heavy atom. The Hall–Kier alpha value is -3.08. The van der Waals surface area contributed by atoms with Crippen LogP contribution in [-0.4, -0.2) is 23.6 Å². The average Bonchev–Trinajstić information content (AvgIpc) is 3.03. The number of imide groups is 1. The van der Waals surface area contributed by atoms with Gasteiger partial charge in [-0.3, -0.25) is 14.9 Å². The molecule has 4 rings (SSSR count). The van der Waals surface area contributed by atoms with Gasteiger partial charge >= 0.3 is 0 Å². The molecule has 2 amide bonds. The summed E-state index contributed by atoms with van der Waals surface area (Å²) in [5.41, 5.74) is 1.78. The van der Waals surface area contributed by atoms with E-state index in [0.29, 0.717) is 17.3 Å². The molecule has 150 valence electrons. The van der Waals surface area contributed by atoms with Crippen molar-refractivity contribution >= 4 is 43.5 Å². The van der Waals surface area contributed by atoms with Crippen molar-refractivity contribution in [2.45, 2.75) is 22.3 Å². The lowest BCUT2D eigenvalue weighted by Crippen LogP contribution is -2.43. The number of aryl methyl sites for hydroxylation is 1. The maximum atomic E-state index is 13.5. The van der Waals surface area contributed by atoms with E-state index in [0.717, 1.165) is 16.3 Å². The van der Waals surface area contributed by atoms with Crippen LogP contribution in [0, 0.1) is 18.8 Å². The van der Waals surface area contributed by atoms with Gasteiger partial charge in [-0.1, -0.05) is 59.9 Å². The number of hydrogen-bond donors (Lipinski definition) is 1. The lowest BCUT2D eigenvalue weighted by atomic mass is 10.1. The van der Waals surface area contributed by atoms with Crippen LogP contribution in [0.25, 0.3) is 10.8 Å². The molecule has 0 aromatic heterocycles. The minimum Gasteiger partial charge on any atom is -0.285 e. The summed E-state index contributed by atoms with van der Waals surface area (Å²) < 4.78 is 25.1. The lowest BCUT2D eigenvalue weighted by molar-refractivity contribution is -0.119. The minimum absolute atomic E-state index is 0.0179. The monoisotopic (exact) mass is 435 g/mol. The van der Waals surface area contributed by atoms with Crippen LogP contribution in [-0.2, 0) is 14.6 Å². The molecule has 5 nitrogen and oxygen atoms in total. The fourth-order valence-electron chi connectivity index (χ4n) is 3.22. The Kier molecular flexibility index (Phi) is 5.14. The lowest BCUT2D eigenvalue weighted by Gasteiger charge is -2.22. The summed E-state index contributed by atoms with van der Waals surface area (Å²) in [4.78, 5) is 24.6. The maximum absolute atomic E-state index is 13.5. The van der Waals surface area contributed by atoms with E-state index in [1.54, 1.807) is 12.1 Å². The SMILES string of the molecule is Cc1ccc(C#CCC2(S(=O)(=O)c3ccc4ccccc4c3)SC(=O)NC2=O)cc1. The van der Waals surface area contributed by atoms with Gasteiger partial charge in [-0.15, -0.1) is 0 Å². The standard InChI is InChI=1S/C23H17NO4S2/c1-16-8-10-17(11-9-16)5-4-14-23(21(25)24-22(26)29-23)30(27,28)20-13-12-18-6-2-3-7-19(18)15-20/h2-3,6-13,15H,14H2,1H3,(H,24,25,26). The van der Waals surface area contributed by atoms with Crippen LogP contribution < -0.4 is 5.32 Å². The van der Waals surface area contributed by atoms with Gasteiger partial charge in [-0.05, 0) is 53.7 Å². The number of amides is 2. The normalized spacial score (nSPS) is 18.7. The Morgan fingerprint density at radius 1 is 0.967 bits per heavy atom. The molecule has 30 heavy (non-hydrogen) atoms. The number of carbonyl (C=O) groups excluding carboxylic acids is 2. The zero-order chi connectivity index (χ0) is 21.4. The predicted molar refractivity (Wildman–Crippen MR) is 118 cm³/mol. The van der Waals surface area contributed by atoms with Gasteiger partial charge in [0.1, 0.15) is 0 Å². The number of hydrogen-bond acceptors (Lipinski definition) is 5. The van der Waals surface area contributed by atoms with Gasteiger partial charge in [0.25, 0.3) is 11.1 Å². The van der Waals surface area contributed by atoms with Crippen LogP contribution in [0.5, 0.6) is 0 Å². The molecule has 0 aliphatic carbocycles. The van der Waals surface area contributed by atoms with E-state index < -0.39 is 25.1 Å². The average molecular weight is 436 g/mol. The number of carbonyl (C=O) groups is 2. The van der Waals surface area contributed by atoms with Crippen molar-refractivity contribution < 1.29 is 18.0 Å². The molecule has 1 aliphatic heterocycles. The molecule has 1 fully saturated rings. The molecular formula is C23H17NO4S2. The summed E-state index contributed by atoms with van der Waals surface area (Å²) >= 11 is 0.476. The van der Waals surface area contributed by atoms with Gasteiger partial charge < -0.3 is 0 Å². The highest BCUT2D eigenvalue weighted by atomic mass is 32.3. The molecule has 1 unspecified atom stereocenters. The fourth-order valence-corrected chi connectivity index (χ4v) is 6.38. The first kappa shape index (κ1) is 20.2. The molecule has 3 aromatic carbocycles. The second kappa shape index (κ2) is 7.63. The number of fused-ring (bicyclic) bond motifs is 1. The van der Waals surface area contributed by atoms with Gasteiger partial charge in [-0.2, -0.15) is 0 Å². The summed E-state index contributed by atoms with van der Waals surface area (Å²) in [6, 6.07) is 19.4. The van der Waals surface area contributed by atoms with Crippen molar-refractivity contribution in [3.63, 3.8) is 0 Å². The zero-order valence-electron chi connectivity index (χ0n) is 16.0. The van der Waals surface area contributed by atoms with Gasteiger partial charge in [0.05, 0.1) is 4.90 Å². The molecule has 1 saturated heterocycles. The van der Waals surface area contributed by atoms with Crippen LogP contribution >= 0.6 is 11.8 Å². The Balaban J connectivity index is 1.77. The van der Waals surface area contributed by atoms with E-state index in [9.17, 15) is 18.0 Å². The molecule has 0 bridgehead atoms. The van der Waals surface area contributed by atoms with Gasteiger partial charge in [0.2, 0.25) is 13.9 Å². The number of rotatable bonds is 3. The third-order valence-corrected chi connectivity index (χ3v) is 8.82. The zero-order valence-corrected chi connectivity index (χ0v) is 17.6. The molecule has 7 heteroatoms. The second-order valence-electron chi connectivity index (χ2n) is 6.95. The van der Waals surface area contributed by atoms with E-state index >= 15 is 0 Å². The molecule has 1 heterocycles. The van der Waals surface area contributed by atoms with Crippen molar-refractivity contribution in [3.8, 4) is 11.8 Å². The third-order valence-electron chi connectivity index (χ3n) is 4.89. The summed E-state index contributed by atoms with van der Waals surface area (Å²) in [7, 11) is -4.21. The molecule has 0 spiro atoms. The fraction of sp³-hybridized carbons (Fsp3) is 0.130. The molecular weight excluding hydrogens is 418 g/mol. The molecule has 1 aliphatic rings. The van der Waals surface area contributed by atoms with Crippen LogP contribution in [0.4, 0.5) is 4.79 Å². The largest absolute Gasteiger partial charge is 0.287 e. The second-order valence-corrected chi connectivity index (χ2v) is 10.7. The minimum atomic E-state index is -4.21. The van der Waals surface area contributed by atoms with E-state index in [2.05, 4.69) is 17.2 Å². The van der Waals surface area contributed by atoms with Crippen molar-refractivity contribution in [2.75, 3.05) is 0 Å². The molecule has 0 radical (unpaired) electrons. The highest BCUT2D eigenvalue weighted by molar-refractivity contribution is 8.25. The predicted octanol–water partition coefficient (Wildman–Crippen LogP) is 4.04. The van der Waals surface area contributed by atoms with Crippen LogP contribution in [0.2, 0.25) is 0 Å². The van der Waals surface area contributed by atoms with Crippen LogP contribution in [0.15, 0.2) is 71.6 Å². The maximum Gasteiger partial charge on any atom is 0.287 e. The number of benzene rings is 3. The van der Waals surface area contributed by atoms with Crippen molar-refractivity contribution in [2.24, 2.45) is 0 Å². The molecule has 1 N–H and O–H groups in total. The van der Waals surface area contributed by atoms with E-state index in [1.807, 2.05) is 49.4 Å². The first-order valence-electron chi connectivity index (χ1n) is 9.15. The number of sulfone groups is 1.